The highest BCUT2D eigenvalue weighted by molar-refractivity contribution is 7.12. The lowest BCUT2D eigenvalue weighted by Crippen LogP contribution is -3.30. The minimum atomic E-state index is -0.532. The Morgan fingerprint density at radius 1 is 1.04 bits per heavy atom. The zero-order chi connectivity index (χ0) is 16.9. The molecule has 0 spiro atoms. The van der Waals surface area contributed by atoms with Crippen LogP contribution < -0.4 is 15.1 Å². The zero-order valence-electron chi connectivity index (χ0n) is 13.7. The average Bonchev–Trinajstić information content (AvgIpc) is 3.15. The van der Waals surface area contributed by atoms with Crippen molar-refractivity contribution in [2.45, 2.75) is 6.17 Å². The Bertz CT molecular complexity index is 680. The van der Waals surface area contributed by atoms with Crippen molar-refractivity contribution < 1.29 is 19.4 Å². The van der Waals surface area contributed by atoms with Gasteiger partial charge >= 0.3 is 0 Å². The fourth-order valence-corrected chi connectivity index (χ4v) is 3.65. The van der Waals surface area contributed by atoms with Crippen LogP contribution in [-0.2, 0) is 0 Å². The summed E-state index contributed by atoms with van der Waals surface area (Å²) in [5.41, 5.74) is 0.646. The summed E-state index contributed by atoms with van der Waals surface area (Å²) in [7, 11) is 2.16. The number of quaternary nitrogens is 2. The van der Waals surface area contributed by atoms with E-state index < -0.39 is 6.17 Å². The molecule has 1 aliphatic rings. The highest BCUT2D eigenvalue weighted by Gasteiger charge is 2.35. The molecule has 0 unspecified atom stereocenters. The average molecular weight is 345 g/mol. The number of thiophene rings is 1. The van der Waals surface area contributed by atoms with Crippen LogP contribution >= 0.6 is 11.3 Å². The summed E-state index contributed by atoms with van der Waals surface area (Å²) in [5.74, 6) is -0.187. The van der Waals surface area contributed by atoms with Crippen LogP contribution in [0, 0.1) is 0 Å². The Hall–Kier alpha value is -2.02. The Morgan fingerprint density at radius 2 is 1.75 bits per heavy atom. The highest BCUT2D eigenvalue weighted by Crippen LogP contribution is 2.08. The lowest BCUT2D eigenvalue weighted by molar-refractivity contribution is -1.01. The van der Waals surface area contributed by atoms with Crippen LogP contribution in [0.5, 0.6) is 0 Å². The molecule has 0 bridgehead atoms. The second-order valence-corrected chi connectivity index (χ2v) is 7.18. The van der Waals surface area contributed by atoms with Gasteiger partial charge in [-0.3, -0.25) is 19.8 Å². The molecule has 3 rings (SSSR count). The number of ketones is 1. The van der Waals surface area contributed by atoms with Crippen molar-refractivity contribution in [3.63, 3.8) is 0 Å². The molecule has 1 aliphatic heterocycles. The maximum atomic E-state index is 13.0. The third-order valence-corrected chi connectivity index (χ3v) is 5.36. The third kappa shape index (κ3) is 3.90. The van der Waals surface area contributed by atoms with Crippen LogP contribution in [0.25, 0.3) is 0 Å². The Kier molecular flexibility index (Phi) is 5.40. The van der Waals surface area contributed by atoms with E-state index in [4.69, 9.17) is 0 Å². The van der Waals surface area contributed by atoms with Gasteiger partial charge in [-0.25, -0.2) is 0 Å². The van der Waals surface area contributed by atoms with Gasteiger partial charge in [0.1, 0.15) is 26.2 Å². The van der Waals surface area contributed by atoms with Crippen molar-refractivity contribution in [1.82, 2.24) is 5.32 Å². The summed E-state index contributed by atoms with van der Waals surface area (Å²) in [6.07, 6.45) is -0.532. The van der Waals surface area contributed by atoms with E-state index in [0.717, 1.165) is 31.1 Å². The van der Waals surface area contributed by atoms with Gasteiger partial charge in [0.2, 0.25) is 11.9 Å². The van der Waals surface area contributed by atoms with Crippen molar-refractivity contribution in [3.05, 3.63) is 58.3 Å². The number of carbonyl (C=O) groups excluding carboxylic acids is 2. The summed E-state index contributed by atoms with van der Waals surface area (Å²) in [5, 5.41) is 4.85. The normalized spacial score (nSPS) is 21.9. The van der Waals surface area contributed by atoms with Gasteiger partial charge < -0.3 is 4.90 Å². The molecule has 1 saturated heterocycles. The van der Waals surface area contributed by atoms with E-state index in [1.807, 2.05) is 41.8 Å². The Labute approximate surface area is 145 Å². The van der Waals surface area contributed by atoms with Gasteiger partial charge in [-0.1, -0.05) is 36.4 Å². The van der Waals surface area contributed by atoms with Gasteiger partial charge in [0.05, 0.1) is 11.9 Å². The molecule has 2 aromatic rings. The summed E-state index contributed by atoms with van der Waals surface area (Å²) in [4.78, 5) is 28.7. The van der Waals surface area contributed by atoms with Crippen molar-refractivity contribution in [1.29, 1.82) is 0 Å². The van der Waals surface area contributed by atoms with E-state index in [-0.39, 0.29) is 11.7 Å². The molecular formula is C18H23N3O2S+2. The third-order valence-electron chi connectivity index (χ3n) is 4.49. The first kappa shape index (κ1) is 16.8. The minimum absolute atomic E-state index is 0.0185. The lowest BCUT2D eigenvalue weighted by Gasteiger charge is -2.32. The van der Waals surface area contributed by atoms with Crippen LogP contribution in [-0.4, -0.2) is 51.1 Å². The van der Waals surface area contributed by atoms with Crippen LogP contribution in [0.15, 0.2) is 47.8 Å². The number of nitrogens with one attached hydrogen (secondary N) is 3. The van der Waals surface area contributed by atoms with E-state index in [2.05, 4.69) is 12.4 Å². The highest BCUT2D eigenvalue weighted by atomic mass is 32.1. The van der Waals surface area contributed by atoms with E-state index in [1.165, 1.54) is 16.2 Å². The molecule has 1 fully saturated rings. The molecular weight excluding hydrogens is 322 g/mol. The number of hydrogen-bond acceptors (Lipinski definition) is 3. The van der Waals surface area contributed by atoms with Gasteiger partial charge in [-0.05, 0) is 11.4 Å². The number of piperazine rings is 1. The van der Waals surface area contributed by atoms with E-state index in [1.54, 1.807) is 6.07 Å². The van der Waals surface area contributed by atoms with E-state index >= 15 is 0 Å². The zero-order valence-corrected chi connectivity index (χ0v) is 14.6. The standard InChI is InChI=1S/C18H21N3O2S/c1-20-9-11-21(12-10-20)17(16(22)14-6-3-2-4-7-14)19-18(23)15-8-5-13-24-15/h2-8,13,17H,9-12H2,1H3,(H,19,23)/p+2/t17-/m0/s1. The van der Waals surface area contributed by atoms with Crippen LogP contribution in [0.4, 0.5) is 0 Å². The Balaban J connectivity index is 1.80. The second-order valence-electron chi connectivity index (χ2n) is 6.23. The van der Waals surface area contributed by atoms with Crippen molar-refractivity contribution >= 4 is 23.0 Å². The molecule has 0 saturated carbocycles. The van der Waals surface area contributed by atoms with Gasteiger partial charge in [-0.15, -0.1) is 11.3 Å². The van der Waals surface area contributed by atoms with Crippen LogP contribution in [0.2, 0.25) is 0 Å². The number of amides is 1. The molecule has 2 heterocycles. The second kappa shape index (κ2) is 7.70. The summed E-state index contributed by atoms with van der Waals surface area (Å²) >= 11 is 1.39. The lowest BCUT2D eigenvalue weighted by atomic mass is 10.1. The summed E-state index contributed by atoms with van der Waals surface area (Å²) < 4.78 is 0. The molecule has 1 amide bonds. The number of rotatable bonds is 5. The van der Waals surface area contributed by atoms with E-state index in [0.29, 0.717) is 10.4 Å². The molecule has 24 heavy (non-hydrogen) atoms. The molecule has 0 radical (unpaired) electrons. The molecule has 6 heteroatoms. The molecule has 0 aliphatic carbocycles. The topological polar surface area (TPSA) is 55.1 Å². The molecule has 126 valence electrons. The van der Waals surface area contributed by atoms with Crippen molar-refractivity contribution in [2.24, 2.45) is 0 Å². The largest absolute Gasteiger partial charge is 0.328 e. The monoisotopic (exact) mass is 345 g/mol. The molecule has 5 nitrogen and oxygen atoms in total. The van der Waals surface area contributed by atoms with Crippen LogP contribution in [0.3, 0.4) is 0 Å². The molecule has 3 N–H and O–H groups in total. The summed E-state index contributed by atoms with van der Waals surface area (Å²) in [6.45, 7) is 3.76. The predicted molar refractivity (Wildman–Crippen MR) is 93.7 cm³/mol. The molecule has 1 aromatic heterocycles. The number of likely N-dealkylation sites (N-methyl/N-ethyl adjacent to an activating group) is 1. The fourth-order valence-electron chi connectivity index (χ4n) is 3.02. The first-order valence-electron chi connectivity index (χ1n) is 8.24. The van der Waals surface area contributed by atoms with Gasteiger partial charge in [0.15, 0.2) is 0 Å². The fraction of sp³-hybridized carbons (Fsp3) is 0.333. The number of Topliss-reactive ketones (excluding diaryl/α,β-unsaturated/α-hetero) is 1. The first-order valence-corrected chi connectivity index (χ1v) is 9.12. The number of hydrogen-bond donors (Lipinski definition) is 3. The molecule has 1 aromatic carbocycles. The summed E-state index contributed by atoms with van der Waals surface area (Å²) in [6, 6.07) is 12.9. The van der Waals surface area contributed by atoms with Gasteiger partial charge in [0, 0.05) is 5.56 Å². The van der Waals surface area contributed by atoms with Crippen molar-refractivity contribution in [2.75, 3.05) is 33.2 Å². The van der Waals surface area contributed by atoms with Gasteiger partial charge in [-0.2, -0.15) is 0 Å². The van der Waals surface area contributed by atoms with E-state index in [9.17, 15) is 9.59 Å². The SMILES string of the molecule is C[NH+]1CC[NH+]([C@H](NC(=O)c2cccs2)C(=O)c2ccccc2)CC1. The quantitative estimate of drug-likeness (QED) is 0.615. The smallest absolute Gasteiger partial charge is 0.266 e. The number of carbonyl (C=O) groups is 2. The maximum absolute atomic E-state index is 13.0. The molecule has 1 atom stereocenters. The predicted octanol–water partition coefficient (Wildman–Crippen LogP) is -0.900. The van der Waals surface area contributed by atoms with Crippen LogP contribution in [0.1, 0.15) is 20.0 Å². The minimum Gasteiger partial charge on any atom is -0.328 e. The first-order chi connectivity index (χ1) is 11.6. The number of benzene rings is 1. The van der Waals surface area contributed by atoms with Gasteiger partial charge in [0.25, 0.3) is 5.91 Å². The maximum Gasteiger partial charge on any atom is 0.266 e. The Morgan fingerprint density at radius 3 is 2.38 bits per heavy atom. The van der Waals surface area contributed by atoms with Crippen molar-refractivity contribution in [3.8, 4) is 0 Å².